The molecule has 0 fully saturated rings. The van der Waals surface area contributed by atoms with Gasteiger partial charge in [-0.15, -0.1) is 0 Å². The van der Waals surface area contributed by atoms with Crippen LogP contribution in [-0.2, 0) is 0 Å². The number of carbonyl (C=O) groups excluding carboxylic acids is 1. The van der Waals surface area contributed by atoms with E-state index in [0.29, 0.717) is 0 Å². The molecule has 0 atom stereocenters. The first-order chi connectivity index (χ1) is 13.6. The third-order valence-corrected chi connectivity index (χ3v) is 5.07. The third kappa shape index (κ3) is 4.71. The SMILES string of the molecule is CN(C=N)c1c(N(C)CC(F)F)cc(Br)c(C(=O)c2cc(F)ccc2Cl)c1C#N. The van der Waals surface area contributed by atoms with E-state index >= 15 is 0 Å². The molecule has 0 saturated carbocycles. The topological polar surface area (TPSA) is 71.2 Å². The molecule has 10 heteroatoms. The summed E-state index contributed by atoms with van der Waals surface area (Å²) in [4.78, 5) is 15.5. The lowest BCUT2D eigenvalue weighted by atomic mass is 9.95. The van der Waals surface area contributed by atoms with E-state index in [4.69, 9.17) is 17.0 Å². The van der Waals surface area contributed by atoms with Gasteiger partial charge in [-0.25, -0.2) is 13.2 Å². The summed E-state index contributed by atoms with van der Waals surface area (Å²) in [7, 11) is 2.85. The molecular formula is C19H15BrClF3N4O. The molecule has 0 aliphatic heterocycles. The summed E-state index contributed by atoms with van der Waals surface area (Å²) in [5.74, 6) is -1.40. The second-order valence-corrected chi connectivity index (χ2v) is 7.31. The highest BCUT2D eigenvalue weighted by molar-refractivity contribution is 9.10. The first-order valence-electron chi connectivity index (χ1n) is 8.11. The number of nitriles is 1. The van der Waals surface area contributed by atoms with E-state index in [9.17, 15) is 23.2 Å². The van der Waals surface area contributed by atoms with Gasteiger partial charge < -0.3 is 9.80 Å². The van der Waals surface area contributed by atoms with Crippen LogP contribution in [0.15, 0.2) is 28.7 Å². The number of anilines is 2. The maximum atomic E-state index is 13.7. The number of nitrogens with one attached hydrogen (secondary N) is 1. The molecule has 1 N–H and O–H groups in total. The molecule has 152 valence electrons. The second kappa shape index (κ2) is 9.29. The number of hydrogen-bond acceptors (Lipinski definition) is 4. The summed E-state index contributed by atoms with van der Waals surface area (Å²) in [6, 6.07) is 6.58. The predicted octanol–water partition coefficient (Wildman–Crippen LogP) is 5.09. The van der Waals surface area contributed by atoms with Crippen molar-refractivity contribution in [1.82, 2.24) is 0 Å². The number of halogens is 5. The zero-order valence-corrected chi connectivity index (χ0v) is 17.7. The predicted molar refractivity (Wildman–Crippen MR) is 110 cm³/mol. The van der Waals surface area contributed by atoms with Crippen molar-refractivity contribution >= 4 is 51.0 Å². The van der Waals surface area contributed by atoms with Crippen molar-refractivity contribution in [3.8, 4) is 6.07 Å². The minimum Gasteiger partial charge on any atom is -0.367 e. The molecule has 0 saturated heterocycles. The average Bonchev–Trinajstić information content (AvgIpc) is 2.67. The summed E-state index contributed by atoms with van der Waals surface area (Å²) < 4.78 is 39.6. The van der Waals surface area contributed by atoms with Gasteiger partial charge in [0.1, 0.15) is 11.9 Å². The Labute approximate surface area is 178 Å². The van der Waals surface area contributed by atoms with Crippen LogP contribution in [-0.4, -0.2) is 39.2 Å². The van der Waals surface area contributed by atoms with E-state index in [-0.39, 0.29) is 37.6 Å². The highest BCUT2D eigenvalue weighted by atomic mass is 79.9. The summed E-state index contributed by atoms with van der Waals surface area (Å²) in [6.07, 6.45) is -1.76. The van der Waals surface area contributed by atoms with Gasteiger partial charge in [-0.1, -0.05) is 11.6 Å². The van der Waals surface area contributed by atoms with Gasteiger partial charge in [0, 0.05) is 24.1 Å². The maximum absolute atomic E-state index is 13.7. The van der Waals surface area contributed by atoms with Crippen molar-refractivity contribution in [1.29, 1.82) is 10.7 Å². The first-order valence-corrected chi connectivity index (χ1v) is 9.28. The zero-order chi connectivity index (χ0) is 21.9. The average molecular weight is 488 g/mol. The number of benzene rings is 2. The quantitative estimate of drug-likeness (QED) is 0.336. The molecule has 5 nitrogen and oxygen atoms in total. The van der Waals surface area contributed by atoms with Crippen LogP contribution in [0.3, 0.4) is 0 Å². The van der Waals surface area contributed by atoms with Crippen molar-refractivity contribution in [2.45, 2.75) is 6.43 Å². The Morgan fingerprint density at radius 3 is 2.59 bits per heavy atom. The molecule has 0 aliphatic carbocycles. The summed E-state index contributed by atoms with van der Waals surface area (Å²) in [5.41, 5.74) is -0.128. The van der Waals surface area contributed by atoms with Crippen molar-refractivity contribution in [2.75, 3.05) is 30.4 Å². The van der Waals surface area contributed by atoms with Crippen molar-refractivity contribution in [3.63, 3.8) is 0 Å². The lowest BCUT2D eigenvalue weighted by Crippen LogP contribution is -2.28. The lowest BCUT2D eigenvalue weighted by Gasteiger charge is -2.28. The molecule has 2 aromatic carbocycles. The van der Waals surface area contributed by atoms with E-state index < -0.39 is 24.6 Å². The molecule has 0 spiro atoms. The van der Waals surface area contributed by atoms with Crippen molar-refractivity contribution in [2.24, 2.45) is 0 Å². The molecule has 0 aliphatic rings. The Balaban J connectivity index is 2.81. The van der Waals surface area contributed by atoms with Gasteiger partial charge in [0.25, 0.3) is 6.43 Å². The Bertz CT molecular complexity index is 1010. The van der Waals surface area contributed by atoms with Crippen LogP contribution >= 0.6 is 27.5 Å². The molecule has 2 aromatic rings. The number of carbonyl (C=O) groups is 1. The fourth-order valence-corrected chi connectivity index (χ4v) is 3.58. The van der Waals surface area contributed by atoms with Gasteiger partial charge in [0.15, 0.2) is 5.78 Å². The molecule has 0 heterocycles. The highest BCUT2D eigenvalue weighted by Gasteiger charge is 2.28. The first kappa shape index (κ1) is 22.7. The largest absolute Gasteiger partial charge is 0.367 e. The minimum absolute atomic E-state index is 0.00644. The van der Waals surface area contributed by atoms with E-state index in [0.717, 1.165) is 18.5 Å². The van der Waals surface area contributed by atoms with Crippen LogP contribution < -0.4 is 9.80 Å². The molecule has 29 heavy (non-hydrogen) atoms. The van der Waals surface area contributed by atoms with Crippen molar-refractivity contribution < 1.29 is 18.0 Å². The number of hydrogen-bond donors (Lipinski definition) is 1. The summed E-state index contributed by atoms with van der Waals surface area (Å²) in [6.45, 7) is -0.626. The van der Waals surface area contributed by atoms with Gasteiger partial charge in [-0.2, -0.15) is 5.26 Å². The van der Waals surface area contributed by atoms with Crippen LogP contribution in [0.5, 0.6) is 0 Å². The molecule has 0 radical (unpaired) electrons. The van der Waals surface area contributed by atoms with Gasteiger partial charge in [-0.05, 0) is 40.2 Å². The van der Waals surface area contributed by atoms with Gasteiger partial charge in [-0.3, -0.25) is 10.2 Å². The number of alkyl halides is 2. The smallest absolute Gasteiger partial charge is 0.255 e. The van der Waals surface area contributed by atoms with E-state index in [1.165, 1.54) is 36.0 Å². The Hall–Kier alpha value is -2.57. The van der Waals surface area contributed by atoms with Crippen LogP contribution in [0.4, 0.5) is 24.5 Å². The maximum Gasteiger partial charge on any atom is 0.255 e. The number of nitrogens with zero attached hydrogens (tertiary/aromatic N) is 3. The highest BCUT2D eigenvalue weighted by Crippen LogP contribution is 2.40. The van der Waals surface area contributed by atoms with Crippen LogP contribution in [0.25, 0.3) is 0 Å². The van der Waals surface area contributed by atoms with Gasteiger partial charge >= 0.3 is 0 Å². The molecule has 2 rings (SSSR count). The number of ketones is 1. The Morgan fingerprint density at radius 1 is 1.38 bits per heavy atom. The van der Waals surface area contributed by atoms with Crippen LogP contribution in [0, 0.1) is 22.6 Å². The minimum atomic E-state index is -2.64. The molecular weight excluding hydrogens is 473 g/mol. The Morgan fingerprint density at radius 2 is 2.03 bits per heavy atom. The Kier molecular flexibility index (Phi) is 7.27. The fourth-order valence-electron chi connectivity index (χ4n) is 2.78. The van der Waals surface area contributed by atoms with E-state index in [1.807, 2.05) is 6.07 Å². The summed E-state index contributed by atoms with van der Waals surface area (Å²) >= 11 is 9.25. The second-order valence-electron chi connectivity index (χ2n) is 6.05. The zero-order valence-electron chi connectivity index (χ0n) is 15.3. The van der Waals surface area contributed by atoms with Crippen molar-refractivity contribution in [3.05, 3.63) is 56.3 Å². The van der Waals surface area contributed by atoms with Gasteiger partial charge in [0.2, 0.25) is 0 Å². The normalized spacial score (nSPS) is 10.6. The molecule has 0 aromatic heterocycles. The van der Waals surface area contributed by atoms with E-state index in [2.05, 4.69) is 15.9 Å². The monoisotopic (exact) mass is 486 g/mol. The van der Waals surface area contributed by atoms with E-state index in [1.54, 1.807) is 0 Å². The lowest BCUT2D eigenvalue weighted by molar-refractivity contribution is 0.103. The third-order valence-electron chi connectivity index (χ3n) is 4.11. The molecule has 0 bridgehead atoms. The van der Waals surface area contributed by atoms with Crippen LogP contribution in [0.1, 0.15) is 21.5 Å². The molecule has 0 amide bonds. The van der Waals surface area contributed by atoms with Crippen LogP contribution in [0.2, 0.25) is 5.02 Å². The fraction of sp³-hybridized carbons (Fsp3) is 0.211. The molecule has 0 unspecified atom stereocenters. The number of rotatable bonds is 7. The van der Waals surface area contributed by atoms with Gasteiger partial charge in [0.05, 0.1) is 40.4 Å². The summed E-state index contributed by atoms with van der Waals surface area (Å²) in [5, 5.41) is 17.3. The standard InChI is InChI=1S/C19H15BrClF3N4O/c1-27(8-16(23)24)15-6-13(20)17(12(7-25)18(15)28(2)9-26)19(29)11-5-10(22)3-4-14(11)21/h3-6,9,16,26H,8H2,1-2H3.